The van der Waals surface area contributed by atoms with Gasteiger partial charge in [-0.3, -0.25) is 19.5 Å². The molecule has 2 N–H and O–H groups in total. The Kier molecular flexibility index (Phi) is 5.38. The molecule has 1 aromatic heterocycles. The van der Waals surface area contributed by atoms with Crippen molar-refractivity contribution in [1.29, 1.82) is 0 Å². The Morgan fingerprint density at radius 1 is 1.19 bits per heavy atom. The number of rotatable bonds is 3. The van der Waals surface area contributed by atoms with Gasteiger partial charge in [-0.2, -0.15) is 0 Å². The average molecular weight is 409 g/mol. The lowest BCUT2D eigenvalue weighted by molar-refractivity contribution is -0.120. The Hall–Kier alpha value is -2.97. The van der Waals surface area contributed by atoms with E-state index in [1.165, 1.54) is 30.3 Å². The number of aromatic nitrogens is 2. The highest BCUT2D eigenvalue weighted by Crippen LogP contribution is 2.23. The maximum absolute atomic E-state index is 13.5. The molecule has 0 fully saturated rings. The molecule has 0 atom stereocenters. The van der Waals surface area contributed by atoms with Crippen LogP contribution in [0.5, 0.6) is 0 Å². The summed E-state index contributed by atoms with van der Waals surface area (Å²) in [6.45, 7) is -0.476. The van der Waals surface area contributed by atoms with Crippen molar-refractivity contribution in [2.45, 2.75) is 6.54 Å². The summed E-state index contributed by atoms with van der Waals surface area (Å²) in [5.41, 5.74) is -0.384. The zero-order valence-electron chi connectivity index (χ0n) is 13.5. The van der Waals surface area contributed by atoms with Crippen LogP contribution in [0.15, 0.2) is 47.5 Å². The lowest BCUT2D eigenvalue weighted by atomic mass is 10.2. The van der Waals surface area contributed by atoms with Crippen LogP contribution in [0.2, 0.25) is 10.0 Å². The van der Waals surface area contributed by atoms with Gasteiger partial charge in [-0.05, 0) is 24.3 Å². The van der Waals surface area contributed by atoms with Crippen molar-refractivity contribution in [3.8, 4) is 0 Å². The Morgan fingerprint density at radius 3 is 2.67 bits per heavy atom. The van der Waals surface area contributed by atoms with E-state index in [4.69, 9.17) is 23.2 Å². The Morgan fingerprint density at radius 2 is 1.93 bits per heavy atom. The number of nitrogens with zero attached hydrogens (tertiary/aromatic N) is 2. The minimum absolute atomic E-state index is 0.0865. The number of nitrogens with one attached hydrogen (secondary N) is 2. The number of imide groups is 1. The number of amides is 3. The van der Waals surface area contributed by atoms with Gasteiger partial charge in [-0.25, -0.2) is 14.2 Å². The molecule has 138 valence electrons. The predicted octanol–water partition coefficient (Wildman–Crippen LogP) is 3.19. The first-order valence-electron chi connectivity index (χ1n) is 7.54. The first kappa shape index (κ1) is 18.8. The molecule has 7 nitrogen and oxygen atoms in total. The maximum Gasteiger partial charge on any atom is 0.326 e. The summed E-state index contributed by atoms with van der Waals surface area (Å²) >= 11 is 11.9. The van der Waals surface area contributed by atoms with Crippen molar-refractivity contribution in [3.63, 3.8) is 0 Å². The van der Waals surface area contributed by atoms with Crippen LogP contribution in [0, 0.1) is 5.82 Å². The molecule has 1 heterocycles. The van der Waals surface area contributed by atoms with Crippen molar-refractivity contribution in [2.24, 2.45) is 0 Å². The van der Waals surface area contributed by atoms with Gasteiger partial charge >= 0.3 is 6.03 Å². The summed E-state index contributed by atoms with van der Waals surface area (Å²) in [6.07, 6.45) is 1.14. The van der Waals surface area contributed by atoms with Gasteiger partial charge in [0.1, 0.15) is 12.4 Å². The van der Waals surface area contributed by atoms with E-state index in [0.717, 1.165) is 17.0 Å². The quantitative estimate of drug-likeness (QED) is 0.695. The Bertz CT molecular complexity index is 1120. The highest BCUT2D eigenvalue weighted by Gasteiger charge is 2.14. The molecule has 0 aliphatic rings. The standard InChI is InChI=1S/C17H11Cl2FN4O3/c18-9-5-10-15(11(19)6-9)21-8-24(16(10)26)7-14(25)23-17(27)22-13-4-2-1-3-12(13)20/h1-6,8H,7H2,(H2,22,23,25,27). The lowest BCUT2D eigenvalue weighted by Crippen LogP contribution is -2.38. The van der Waals surface area contributed by atoms with Crippen LogP contribution in [-0.4, -0.2) is 21.5 Å². The van der Waals surface area contributed by atoms with Gasteiger partial charge in [0.2, 0.25) is 5.91 Å². The average Bonchev–Trinajstić information content (AvgIpc) is 2.59. The van der Waals surface area contributed by atoms with E-state index in [0.29, 0.717) is 0 Å². The Labute approximate surface area is 161 Å². The van der Waals surface area contributed by atoms with E-state index in [2.05, 4.69) is 10.3 Å². The van der Waals surface area contributed by atoms with Crippen molar-refractivity contribution in [1.82, 2.24) is 14.9 Å². The fraction of sp³-hybridized carbons (Fsp3) is 0.0588. The van der Waals surface area contributed by atoms with E-state index in [-0.39, 0.29) is 26.6 Å². The maximum atomic E-state index is 13.5. The molecule has 0 saturated heterocycles. The second kappa shape index (κ2) is 7.73. The smallest absolute Gasteiger partial charge is 0.305 e. The van der Waals surface area contributed by atoms with Crippen LogP contribution in [0.3, 0.4) is 0 Å². The van der Waals surface area contributed by atoms with Gasteiger partial charge in [0.05, 0.1) is 27.9 Å². The molecule has 3 amide bonds. The van der Waals surface area contributed by atoms with E-state index in [9.17, 15) is 18.8 Å². The molecular formula is C17H11Cl2FN4O3. The number of para-hydroxylation sites is 1. The highest BCUT2D eigenvalue weighted by molar-refractivity contribution is 6.38. The van der Waals surface area contributed by atoms with Gasteiger partial charge in [0, 0.05) is 5.02 Å². The largest absolute Gasteiger partial charge is 0.326 e. The zero-order chi connectivity index (χ0) is 19.6. The van der Waals surface area contributed by atoms with E-state index >= 15 is 0 Å². The van der Waals surface area contributed by atoms with E-state index in [1.54, 1.807) is 0 Å². The normalized spacial score (nSPS) is 10.6. The van der Waals surface area contributed by atoms with Crippen molar-refractivity contribution >= 4 is 51.7 Å². The minimum Gasteiger partial charge on any atom is -0.305 e. The van der Waals surface area contributed by atoms with Crippen molar-refractivity contribution < 1.29 is 14.0 Å². The second-order valence-electron chi connectivity index (χ2n) is 5.44. The van der Waals surface area contributed by atoms with Crippen LogP contribution in [-0.2, 0) is 11.3 Å². The molecule has 0 saturated carbocycles. The lowest BCUT2D eigenvalue weighted by Gasteiger charge is -2.09. The summed E-state index contributed by atoms with van der Waals surface area (Å²) in [4.78, 5) is 40.3. The number of halogens is 3. The summed E-state index contributed by atoms with van der Waals surface area (Å²) in [7, 11) is 0. The van der Waals surface area contributed by atoms with Crippen LogP contribution in [0.1, 0.15) is 0 Å². The molecule has 0 aliphatic heterocycles. The molecule has 0 bridgehead atoms. The molecule has 0 radical (unpaired) electrons. The first-order valence-corrected chi connectivity index (χ1v) is 8.30. The number of hydrogen-bond acceptors (Lipinski definition) is 4. The van der Waals surface area contributed by atoms with Crippen LogP contribution < -0.4 is 16.2 Å². The summed E-state index contributed by atoms with van der Waals surface area (Å²) in [5, 5.41) is 4.80. The zero-order valence-corrected chi connectivity index (χ0v) is 15.0. The molecular weight excluding hydrogens is 398 g/mol. The van der Waals surface area contributed by atoms with Crippen LogP contribution in [0.25, 0.3) is 10.9 Å². The number of anilines is 1. The van der Waals surface area contributed by atoms with Crippen molar-refractivity contribution in [2.75, 3.05) is 5.32 Å². The van der Waals surface area contributed by atoms with Gasteiger partial charge in [0.15, 0.2) is 0 Å². The second-order valence-corrected chi connectivity index (χ2v) is 6.29. The predicted molar refractivity (Wildman–Crippen MR) is 99.6 cm³/mol. The van der Waals surface area contributed by atoms with Gasteiger partial charge in [0.25, 0.3) is 5.56 Å². The molecule has 10 heteroatoms. The third kappa shape index (κ3) is 4.24. The van der Waals surface area contributed by atoms with Gasteiger partial charge in [-0.1, -0.05) is 35.3 Å². The summed E-state index contributed by atoms with van der Waals surface area (Å²) < 4.78 is 14.5. The summed E-state index contributed by atoms with van der Waals surface area (Å²) in [6, 6.07) is 7.38. The van der Waals surface area contributed by atoms with E-state index in [1.807, 2.05) is 5.32 Å². The SMILES string of the molecule is O=C(Cn1cnc2c(Cl)cc(Cl)cc2c1=O)NC(=O)Nc1ccccc1F. The van der Waals surface area contributed by atoms with E-state index < -0.39 is 29.9 Å². The highest BCUT2D eigenvalue weighted by atomic mass is 35.5. The number of benzene rings is 2. The fourth-order valence-electron chi connectivity index (χ4n) is 2.34. The van der Waals surface area contributed by atoms with Crippen LogP contribution in [0.4, 0.5) is 14.9 Å². The topological polar surface area (TPSA) is 93.1 Å². The molecule has 27 heavy (non-hydrogen) atoms. The number of urea groups is 1. The van der Waals surface area contributed by atoms with Crippen LogP contribution >= 0.6 is 23.2 Å². The summed E-state index contributed by atoms with van der Waals surface area (Å²) in [5.74, 6) is -1.44. The molecule has 3 aromatic rings. The molecule has 0 aliphatic carbocycles. The number of carbonyl (C=O) groups excluding carboxylic acids is 2. The minimum atomic E-state index is -0.932. The van der Waals surface area contributed by atoms with Crippen molar-refractivity contribution in [3.05, 3.63) is 68.9 Å². The third-order valence-electron chi connectivity index (χ3n) is 3.53. The number of fused-ring (bicyclic) bond motifs is 1. The Balaban J connectivity index is 1.74. The molecule has 3 rings (SSSR count). The fourth-order valence-corrected chi connectivity index (χ4v) is 2.89. The monoisotopic (exact) mass is 408 g/mol. The third-order valence-corrected chi connectivity index (χ3v) is 4.04. The van der Waals surface area contributed by atoms with Gasteiger partial charge < -0.3 is 5.32 Å². The van der Waals surface area contributed by atoms with Gasteiger partial charge in [-0.15, -0.1) is 0 Å². The number of carbonyl (C=O) groups is 2. The molecule has 0 unspecified atom stereocenters. The first-order chi connectivity index (χ1) is 12.8. The molecule has 0 spiro atoms. The number of hydrogen-bond donors (Lipinski definition) is 2. The molecule has 2 aromatic carbocycles.